The molecule has 6 nitrogen and oxygen atoms in total. The first-order valence-electron chi connectivity index (χ1n) is 8.96. The average molecular weight is 450 g/mol. The van der Waals surface area contributed by atoms with Crippen LogP contribution < -0.4 is 10.1 Å². The van der Waals surface area contributed by atoms with Crippen LogP contribution in [0.3, 0.4) is 0 Å². The quantitative estimate of drug-likeness (QED) is 0.265. The van der Waals surface area contributed by atoms with Gasteiger partial charge in [0.05, 0.1) is 0 Å². The summed E-state index contributed by atoms with van der Waals surface area (Å²) in [5.74, 6) is -1.35. The molecular formula is C20H23N3O3S3. The molecule has 9 heteroatoms. The Balaban J connectivity index is 1.74. The number of nitrogens with one attached hydrogen (secondary N) is 2. The molecule has 0 aliphatic heterocycles. The van der Waals surface area contributed by atoms with Crippen molar-refractivity contribution < 1.29 is 13.2 Å². The Bertz CT molecular complexity index is 949. The molecule has 0 fully saturated rings. The zero-order valence-electron chi connectivity index (χ0n) is 16.0. The van der Waals surface area contributed by atoms with Gasteiger partial charge >= 0.3 is 0 Å². The van der Waals surface area contributed by atoms with E-state index in [2.05, 4.69) is 10.1 Å². The van der Waals surface area contributed by atoms with E-state index in [1.54, 1.807) is 7.05 Å². The maximum atomic E-state index is 12.1. The fourth-order valence-corrected chi connectivity index (χ4v) is 3.94. The average Bonchev–Trinajstić information content (AvgIpc) is 2.71. The summed E-state index contributed by atoms with van der Waals surface area (Å²) in [6, 6.07) is 18.7. The first-order chi connectivity index (χ1) is 13.8. The van der Waals surface area contributed by atoms with Crippen molar-refractivity contribution in [3.63, 3.8) is 0 Å². The molecule has 0 radical (unpaired) electrons. The predicted molar refractivity (Wildman–Crippen MR) is 123 cm³/mol. The van der Waals surface area contributed by atoms with Crippen molar-refractivity contribution >= 4 is 50.2 Å². The highest BCUT2D eigenvalue weighted by Gasteiger charge is 2.18. The Labute approximate surface area is 182 Å². The number of carbonyl (C=O) groups is 1. The normalized spacial score (nSPS) is 10.9. The van der Waals surface area contributed by atoms with Crippen molar-refractivity contribution in [2.24, 2.45) is 0 Å². The molecule has 2 rings (SSSR count). The highest BCUT2D eigenvalue weighted by atomic mass is 32.2. The zero-order valence-corrected chi connectivity index (χ0v) is 18.4. The van der Waals surface area contributed by atoms with Gasteiger partial charge in [-0.3, -0.25) is 15.2 Å². The maximum Gasteiger partial charge on any atom is 0.255 e. The fraction of sp³-hybridized carbons (Fsp3) is 0.250. The van der Waals surface area contributed by atoms with E-state index >= 15 is 0 Å². The Morgan fingerprint density at radius 2 is 1.52 bits per heavy atom. The lowest BCUT2D eigenvalue weighted by Gasteiger charge is -2.21. The molecule has 2 N–H and O–H groups in total. The first kappa shape index (κ1) is 23.1. The topological polar surface area (TPSA) is 78.5 Å². The molecule has 154 valence electrons. The van der Waals surface area contributed by atoms with E-state index in [4.69, 9.17) is 24.4 Å². The monoisotopic (exact) mass is 449 g/mol. The van der Waals surface area contributed by atoms with Gasteiger partial charge in [0.1, 0.15) is 10.7 Å². The summed E-state index contributed by atoms with van der Waals surface area (Å²) >= 11 is 10.6. The van der Waals surface area contributed by atoms with Crippen LogP contribution in [0.4, 0.5) is 0 Å². The summed E-state index contributed by atoms with van der Waals surface area (Å²) in [5.41, 5.74) is 4.19. The van der Waals surface area contributed by atoms with Gasteiger partial charge in [0.2, 0.25) is 10.0 Å². The van der Waals surface area contributed by atoms with Crippen LogP contribution in [0, 0.1) is 0 Å². The van der Waals surface area contributed by atoms with Gasteiger partial charge in [-0.05, 0) is 18.4 Å². The van der Waals surface area contributed by atoms with E-state index in [0.717, 1.165) is 16.0 Å². The van der Waals surface area contributed by atoms with Gasteiger partial charge < -0.3 is 0 Å². The van der Waals surface area contributed by atoms with E-state index in [1.165, 1.54) is 5.01 Å². The molecule has 0 aliphatic rings. The van der Waals surface area contributed by atoms with Crippen LogP contribution in [0.25, 0.3) is 0 Å². The van der Waals surface area contributed by atoms with E-state index in [0.29, 0.717) is 17.8 Å². The summed E-state index contributed by atoms with van der Waals surface area (Å²) in [6.07, 6.45) is 1.13. The smallest absolute Gasteiger partial charge is 0.255 e. The van der Waals surface area contributed by atoms with Crippen molar-refractivity contribution in [1.82, 2.24) is 15.2 Å². The van der Waals surface area contributed by atoms with Crippen LogP contribution in [0.2, 0.25) is 0 Å². The molecular weight excluding hydrogens is 426 g/mol. The second-order valence-corrected chi connectivity index (χ2v) is 9.00. The van der Waals surface area contributed by atoms with Crippen LogP contribution in [0.15, 0.2) is 60.7 Å². The number of hydrogen-bond donors (Lipinski definition) is 2. The fourth-order valence-electron chi connectivity index (χ4n) is 2.51. The lowest BCUT2D eigenvalue weighted by Crippen LogP contribution is -2.46. The van der Waals surface area contributed by atoms with Crippen LogP contribution in [0.5, 0.6) is 0 Å². The Morgan fingerprint density at radius 3 is 2.10 bits per heavy atom. The maximum absolute atomic E-state index is 12.1. The molecule has 0 atom stereocenters. The van der Waals surface area contributed by atoms with Gasteiger partial charge in [-0.2, -0.15) is 0 Å². The minimum absolute atomic E-state index is 0.209. The molecule has 1 amide bonds. The van der Waals surface area contributed by atoms with Crippen LogP contribution >= 0.6 is 24.4 Å². The van der Waals surface area contributed by atoms with Crippen LogP contribution in [0.1, 0.15) is 24.0 Å². The van der Waals surface area contributed by atoms with Crippen molar-refractivity contribution in [3.05, 3.63) is 71.8 Å². The minimum atomic E-state index is -3.75. The molecule has 0 unspecified atom stereocenters. The summed E-state index contributed by atoms with van der Waals surface area (Å²) in [4.78, 5) is 13.2. The highest BCUT2D eigenvalue weighted by molar-refractivity contribution is 7.90. The molecule has 0 aliphatic carbocycles. The molecule has 0 saturated heterocycles. The molecule has 29 heavy (non-hydrogen) atoms. The SMILES string of the molecule is CN(NC(=O)CS(=O)(=O)NCCCC(=S)c1ccccc1)C(=S)c1ccccc1. The Hall–Kier alpha value is -2.20. The van der Waals surface area contributed by atoms with E-state index < -0.39 is 21.7 Å². The van der Waals surface area contributed by atoms with E-state index in [1.807, 2.05) is 60.7 Å². The third kappa shape index (κ3) is 7.98. The molecule has 0 aromatic heterocycles. The van der Waals surface area contributed by atoms with Crippen molar-refractivity contribution in [3.8, 4) is 0 Å². The van der Waals surface area contributed by atoms with Crippen molar-refractivity contribution in [1.29, 1.82) is 0 Å². The number of nitrogens with zero attached hydrogens (tertiary/aromatic N) is 1. The summed E-state index contributed by atoms with van der Waals surface area (Å²) < 4.78 is 26.7. The number of amides is 1. The zero-order chi connectivity index (χ0) is 21.3. The highest BCUT2D eigenvalue weighted by Crippen LogP contribution is 2.06. The number of hydrogen-bond acceptors (Lipinski definition) is 5. The Kier molecular flexibility index (Phi) is 8.84. The summed E-state index contributed by atoms with van der Waals surface area (Å²) in [5, 5.41) is 1.33. The second-order valence-electron chi connectivity index (χ2n) is 6.31. The molecule has 0 bridgehead atoms. The molecule has 2 aromatic rings. The van der Waals surface area contributed by atoms with Crippen molar-refractivity contribution in [2.75, 3.05) is 19.3 Å². The number of benzene rings is 2. The lowest BCUT2D eigenvalue weighted by atomic mass is 10.1. The van der Waals surface area contributed by atoms with E-state index in [9.17, 15) is 13.2 Å². The predicted octanol–water partition coefficient (Wildman–Crippen LogP) is 2.44. The van der Waals surface area contributed by atoms with Gasteiger partial charge in [0, 0.05) is 24.0 Å². The molecule has 2 aromatic carbocycles. The van der Waals surface area contributed by atoms with Crippen molar-refractivity contribution in [2.45, 2.75) is 12.8 Å². The standard InChI is InChI=1S/C20H23N3O3S3/c1-23(20(28)17-11-6-3-7-12-17)22-19(24)15-29(25,26)21-14-8-13-18(27)16-9-4-2-5-10-16/h2-7,9-12,21H,8,13-15H2,1H3,(H,22,24). The van der Waals surface area contributed by atoms with Gasteiger partial charge in [0.25, 0.3) is 5.91 Å². The van der Waals surface area contributed by atoms with Gasteiger partial charge in [0.15, 0.2) is 0 Å². The van der Waals surface area contributed by atoms with E-state index in [-0.39, 0.29) is 6.54 Å². The molecule has 0 heterocycles. The summed E-state index contributed by atoms with van der Waals surface area (Å²) in [7, 11) is -2.19. The number of sulfonamides is 1. The van der Waals surface area contributed by atoms with Gasteiger partial charge in [-0.1, -0.05) is 85.1 Å². The van der Waals surface area contributed by atoms with Gasteiger partial charge in [-0.15, -0.1) is 0 Å². The van der Waals surface area contributed by atoms with Crippen LogP contribution in [-0.4, -0.2) is 48.5 Å². The van der Waals surface area contributed by atoms with Crippen LogP contribution in [-0.2, 0) is 14.8 Å². The largest absolute Gasteiger partial charge is 0.277 e. The molecule has 0 spiro atoms. The minimum Gasteiger partial charge on any atom is -0.277 e. The number of thiocarbonyl (C=S) groups is 2. The van der Waals surface area contributed by atoms with Gasteiger partial charge in [-0.25, -0.2) is 13.1 Å². The third-order valence-electron chi connectivity index (χ3n) is 3.94. The second kappa shape index (κ2) is 11.1. The summed E-state index contributed by atoms with van der Waals surface area (Å²) in [6.45, 7) is 0.209. The molecule has 0 saturated carbocycles. The lowest BCUT2D eigenvalue weighted by molar-refractivity contribution is -0.121. The Morgan fingerprint density at radius 1 is 0.966 bits per heavy atom. The number of hydrazine groups is 1. The third-order valence-corrected chi connectivity index (χ3v) is 6.17. The number of carbonyl (C=O) groups excluding carboxylic acids is 1. The first-order valence-corrected chi connectivity index (χ1v) is 11.4. The number of rotatable bonds is 9.